The predicted molar refractivity (Wildman–Crippen MR) is 85.9 cm³/mol. The lowest BCUT2D eigenvalue weighted by Gasteiger charge is -2.19. The van der Waals surface area contributed by atoms with E-state index >= 15 is 0 Å². The number of carbonyl (C=O) groups excluding carboxylic acids is 1. The standard InChI is InChI=1S/C18H20N2O/c21-18-15-9-1-5-13-6-2-10-16(17(13)15)20(18)12-4-8-14-7-3-11-19-14/h1-2,5-6,9-10,14,19H,3-4,7-8,11-12H2. The Morgan fingerprint density at radius 1 is 1.19 bits per heavy atom. The van der Waals surface area contributed by atoms with Gasteiger partial charge in [0.05, 0.1) is 5.69 Å². The van der Waals surface area contributed by atoms with Crippen molar-refractivity contribution in [3.63, 3.8) is 0 Å². The van der Waals surface area contributed by atoms with Crippen molar-refractivity contribution in [3.8, 4) is 0 Å². The fourth-order valence-electron chi connectivity index (χ4n) is 3.70. The Bertz CT molecular complexity index is 683. The first kappa shape index (κ1) is 12.8. The molecule has 2 aliphatic rings. The lowest BCUT2D eigenvalue weighted by atomic mass is 10.1. The van der Waals surface area contributed by atoms with Crippen molar-refractivity contribution >= 4 is 22.4 Å². The third-order valence-electron chi connectivity index (χ3n) is 4.75. The number of rotatable bonds is 4. The van der Waals surface area contributed by atoms with Gasteiger partial charge in [-0.05, 0) is 49.7 Å². The topological polar surface area (TPSA) is 32.3 Å². The van der Waals surface area contributed by atoms with Crippen molar-refractivity contribution in [2.24, 2.45) is 0 Å². The lowest BCUT2D eigenvalue weighted by molar-refractivity contribution is 0.0992. The third-order valence-corrected chi connectivity index (χ3v) is 4.75. The predicted octanol–water partition coefficient (Wildman–Crippen LogP) is 3.33. The molecule has 1 amide bonds. The Morgan fingerprint density at radius 2 is 2.05 bits per heavy atom. The Morgan fingerprint density at radius 3 is 2.86 bits per heavy atom. The SMILES string of the molecule is O=C1c2cccc3cccc(c23)N1CCCC1CCCN1. The van der Waals surface area contributed by atoms with E-state index in [-0.39, 0.29) is 5.91 Å². The second-order valence-corrected chi connectivity index (χ2v) is 6.07. The molecular weight excluding hydrogens is 260 g/mol. The van der Waals surface area contributed by atoms with Crippen LogP contribution in [-0.2, 0) is 0 Å². The average Bonchev–Trinajstić information content (AvgIpc) is 3.11. The number of hydrogen-bond acceptors (Lipinski definition) is 2. The number of carbonyl (C=O) groups is 1. The van der Waals surface area contributed by atoms with Gasteiger partial charge in [0, 0.05) is 23.5 Å². The van der Waals surface area contributed by atoms with Crippen LogP contribution in [0.1, 0.15) is 36.0 Å². The summed E-state index contributed by atoms with van der Waals surface area (Å²) in [6.45, 7) is 1.98. The molecule has 0 radical (unpaired) electrons. The van der Waals surface area contributed by atoms with E-state index in [0.29, 0.717) is 6.04 Å². The Balaban J connectivity index is 1.55. The number of anilines is 1. The molecule has 0 spiro atoms. The highest BCUT2D eigenvalue weighted by molar-refractivity contribution is 6.24. The van der Waals surface area contributed by atoms with Crippen LogP contribution in [0.2, 0.25) is 0 Å². The highest BCUT2D eigenvalue weighted by Gasteiger charge is 2.29. The Hall–Kier alpha value is -1.87. The summed E-state index contributed by atoms with van der Waals surface area (Å²) in [4.78, 5) is 14.6. The minimum Gasteiger partial charge on any atom is -0.314 e. The first-order chi connectivity index (χ1) is 10.3. The summed E-state index contributed by atoms with van der Waals surface area (Å²) >= 11 is 0. The summed E-state index contributed by atoms with van der Waals surface area (Å²) in [5.41, 5.74) is 1.95. The molecule has 108 valence electrons. The molecule has 2 aromatic rings. The number of benzene rings is 2. The average molecular weight is 280 g/mol. The number of nitrogens with one attached hydrogen (secondary N) is 1. The first-order valence-corrected chi connectivity index (χ1v) is 7.91. The van der Waals surface area contributed by atoms with E-state index in [2.05, 4.69) is 23.5 Å². The normalized spacial score (nSPS) is 20.7. The number of amides is 1. The monoisotopic (exact) mass is 280 g/mol. The molecule has 3 heteroatoms. The summed E-state index contributed by atoms with van der Waals surface area (Å²) in [5.74, 6) is 0.168. The van der Waals surface area contributed by atoms with Crippen LogP contribution in [0.25, 0.3) is 10.8 Å². The van der Waals surface area contributed by atoms with Crippen LogP contribution >= 0.6 is 0 Å². The molecule has 2 aromatic carbocycles. The van der Waals surface area contributed by atoms with Gasteiger partial charge in [-0.15, -0.1) is 0 Å². The highest BCUT2D eigenvalue weighted by atomic mass is 16.2. The van der Waals surface area contributed by atoms with E-state index in [1.54, 1.807) is 0 Å². The van der Waals surface area contributed by atoms with Gasteiger partial charge in [0.25, 0.3) is 5.91 Å². The summed E-state index contributed by atoms with van der Waals surface area (Å²) in [5, 5.41) is 5.82. The van der Waals surface area contributed by atoms with E-state index in [0.717, 1.165) is 42.6 Å². The Labute approximate surface area is 124 Å². The van der Waals surface area contributed by atoms with Crippen LogP contribution in [0.15, 0.2) is 36.4 Å². The summed E-state index contributed by atoms with van der Waals surface area (Å²) in [7, 11) is 0. The third kappa shape index (κ3) is 2.12. The molecule has 1 unspecified atom stereocenters. The van der Waals surface area contributed by atoms with Crippen molar-refractivity contribution in [1.82, 2.24) is 5.32 Å². The zero-order valence-electron chi connectivity index (χ0n) is 12.1. The molecule has 0 aromatic heterocycles. The zero-order chi connectivity index (χ0) is 14.2. The van der Waals surface area contributed by atoms with Crippen molar-refractivity contribution in [2.75, 3.05) is 18.0 Å². The fraction of sp³-hybridized carbons (Fsp3) is 0.389. The van der Waals surface area contributed by atoms with Gasteiger partial charge in [-0.2, -0.15) is 0 Å². The van der Waals surface area contributed by atoms with Gasteiger partial charge in [-0.1, -0.05) is 24.3 Å². The van der Waals surface area contributed by atoms with E-state index in [4.69, 9.17) is 0 Å². The van der Waals surface area contributed by atoms with Crippen molar-refractivity contribution in [3.05, 3.63) is 42.0 Å². The van der Waals surface area contributed by atoms with Crippen molar-refractivity contribution in [1.29, 1.82) is 0 Å². The van der Waals surface area contributed by atoms with Gasteiger partial charge in [-0.25, -0.2) is 0 Å². The van der Waals surface area contributed by atoms with E-state index in [1.807, 2.05) is 23.1 Å². The molecule has 2 heterocycles. The van der Waals surface area contributed by atoms with Gasteiger partial charge in [0.2, 0.25) is 0 Å². The maximum atomic E-state index is 12.6. The summed E-state index contributed by atoms with van der Waals surface area (Å²) < 4.78 is 0. The molecule has 3 nitrogen and oxygen atoms in total. The van der Waals surface area contributed by atoms with Gasteiger partial charge < -0.3 is 10.2 Å². The van der Waals surface area contributed by atoms with Crippen LogP contribution in [0.5, 0.6) is 0 Å². The summed E-state index contributed by atoms with van der Waals surface area (Å²) in [6.07, 6.45) is 4.80. The summed E-state index contributed by atoms with van der Waals surface area (Å²) in [6, 6.07) is 12.9. The largest absolute Gasteiger partial charge is 0.314 e. The van der Waals surface area contributed by atoms with Crippen LogP contribution in [0.3, 0.4) is 0 Å². The van der Waals surface area contributed by atoms with Crippen molar-refractivity contribution in [2.45, 2.75) is 31.7 Å². The smallest absolute Gasteiger partial charge is 0.258 e. The van der Waals surface area contributed by atoms with Crippen LogP contribution in [0.4, 0.5) is 5.69 Å². The number of nitrogens with zero attached hydrogens (tertiary/aromatic N) is 1. The van der Waals surface area contributed by atoms with E-state index < -0.39 is 0 Å². The Kier molecular flexibility index (Phi) is 3.15. The molecule has 0 aliphatic carbocycles. The van der Waals surface area contributed by atoms with Gasteiger partial charge in [-0.3, -0.25) is 4.79 Å². The van der Waals surface area contributed by atoms with E-state index in [1.165, 1.54) is 18.2 Å². The molecule has 0 saturated carbocycles. The minimum atomic E-state index is 0.168. The maximum Gasteiger partial charge on any atom is 0.258 e. The van der Waals surface area contributed by atoms with Crippen LogP contribution < -0.4 is 10.2 Å². The fourth-order valence-corrected chi connectivity index (χ4v) is 3.70. The zero-order valence-corrected chi connectivity index (χ0v) is 12.1. The van der Waals surface area contributed by atoms with Gasteiger partial charge in [0.15, 0.2) is 0 Å². The van der Waals surface area contributed by atoms with Crippen molar-refractivity contribution < 1.29 is 4.79 Å². The lowest BCUT2D eigenvalue weighted by Crippen LogP contribution is -2.29. The molecule has 21 heavy (non-hydrogen) atoms. The second-order valence-electron chi connectivity index (χ2n) is 6.07. The molecule has 4 rings (SSSR count). The van der Waals surface area contributed by atoms with Crippen LogP contribution in [0, 0.1) is 0 Å². The highest BCUT2D eigenvalue weighted by Crippen LogP contribution is 2.37. The number of hydrogen-bond donors (Lipinski definition) is 1. The molecule has 0 bridgehead atoms. The van der Waals surface area contributed by atoms with Crippen LogP contribution in [-0.4, -0.2) is 25.0 Å². The molecule has 1 N–H and O–H groups in total. The second kappa shape index (κ2) is 5.15. The maximum absolute atomic E-state index is 12.6. The van der Waals surface area contributed by atoms with Gasteiger partial charge in [0.1, 0.15) is 0 Å². The molecule has 1 saturated heterocycles. The quantitative estimate of drug-likeness (QED) is 0.931. The minimum absolute atomic E-state index is 0.168. The molecular formula is C18H20N2O. The van der Waals surface area contributed by atoms with Gasteiger partial charge >= 0.3 is 0 Å². The first-order valence-electron chi connectivity index (χ1n) is 7.91. The molecule has 1 atom stereocenters. The molecule has 2 aliphatic heterocycles. The molecule has 1 fully saturated rings. The van der Waals surface area contributed by atoms with E-state index in [9.17, 15) is 4.79 Å².